The number of ketones is 1. The van der Waals surface area contributed by atoms with Gasteiger partial charge in [-0.2, -0.15) is 0 Å². The summed E-state index contributed by atoms with van der Waals surface area (Å²) >= 11 is 0. The lowest BCUT2D eigenvalue weighted by Crippen LogP contribution is -2.11. The third-order valence-corrected chi connectivity index (χ3v) is 2.24. The summed E-state index contributed by atoms with van der Waals surface area (Å²) in [5.74, 6) is 0.145. The quantitative estimate of drug-likeness (QED) is 0.715. The highest BCUT2D eigenvalue weighted by Gasteiger charge is 2.13. The van der Waals surface area contributed by atoms with E-state index in [1.54, 1.807) is 19.5 Å². The molecule has 0 aromatic carbocycles. The molecular formula is C11H15NO2. The van der Waals surface area contributed by atoms with Crippen LogP contribution in [0.4, 0.5) is 0 Å². The largest absolute Gasteiger partial charge is 0.384 e. The van der Waals surface area contributed by atoms with Crippen LogP contribution in [0.3, 0.4) is 0 Å². The van der Waals surface area contributed by atoms with Gasteiger partial charge in [0, 0.05) is 31.8 Å². The topological polar surface area (TPSA) is 39.2 Å². The number of carbonyl (C=O) groups excluding carboxylic acids is 1. The Bertz CT molecular complexity index is 285. The second-order valence-corrected chi connectivity index (χ2v) is 3.21. The van der Waals surface area contributed by atoms with E-state index in [0.717, 1.165) is 5.56 Å². The second kappa shape index (κ2) is 5.50. The van der Waals surface area contributed by atoms with Gasteiger partial charge in [-0.3, -0.25) is 9.78 Å². The SMILES string of the molecule is COCCC(=O)C(C)c1ccncc1. The molecule has 1 aromatic heterocycles. The molecule has 3 nitrogen and oxygen atoms in total. The fourth-order valence-electron chi connectivity index (χ4n) is 1.26. The zero-order valence-corrected chi connectivity index (χ0v) is 8.56. The van der Waals surface area contributed by atoms with E-state index in [2.05, 4.69) is 4.98 Å². The molecule has 1 unspecified atom stereocenters. The van der Waals surface area contributed by atoms with Crippen molar-refractivity contribution < 1.29 is 9.53 Å². The minimum Gasteiger partial charge on any atom is -0.384 e. The highest BCUT2D eigenvalue weighted by molar-refractivity contribution is 5.85. The van der Waals surface area contributed by atoms with Crippen LogP contribution in [0.1, 0.15) is 24.8 Å². The molecule has 76 valence electrons. The molecule has 0 saturated carbocycles. The van der Waals surface area contributed by atoms with E-state index in [1.807, 2.05) is 19.1 Å². The van der Waals surface area contributed by atoms with Crippen molar-refractivity contribution in [3.05, 3.63) is 30.1 Å². The molecule has 0 N–H and O–H groups in total. The van der Waals surface area contributed by atoms with Crippen molar-refractivity contribution in [2.24, 2.45) is 0 Å². The zero-order chi connectivity index (χ0) is 10.4. The highest BCUT2D eigenvalue weighted by atomic mass is 16.5. The molecule has 0 amide bonds. The molecule has 1 atom stereocenters. The molecular weight excluding hydrogens is 178 g/mol. The fraction of sp³-hybridized carbons (Fsp3) is 0.455. The Hall–Kier alpha value is -1.22. The van der Waals surface area contributed by atoms with E-state index in [1.165, 1.54) is 0 Å². The van der Waals surface area contributed by atoms with Gasteiger partial charge in [-0.25, -0.2) is 0 Å². The van der Waals surface area contributed by atoms with Crippen LogP contribution in [0.5, 0.6) is 0 Å². The Morgan fingerprint density at radius 1 is 1.50 bits per heavy atom. The number of hydrogen-bond donors (Lipinski definition) is 0. The lowest BCUT2D eigenvalue weighted by molar-refractivity contribution is -0.121. The maximum Gasteiger partial charge on any atom is 0.142 e. The lowest BCUT2D eigenvalue weighted by Gasteiger charge is -2.09. The molecule has 0 aliphatic carbocycles. The Balaban J connectivity index is 2.57. The molecule has 0 aliphatic rings. The average Bonchev–Trinajstić information content (AvgIpc) is 2.26. The van der Waals surface area contributed by atoms with Gasteiger partial charge in [0.15, 0.2) is 0 Å². The number of nitrogens with zero attached hydrogens (tertiary/aromatic N) is 1. The summed E-state index contributed by atoms with van der Waals surface area (Å²) in [7, 11) is 1.60. The normalized spacial score (nSPS) is 12.4. The Kier molecular flexibility index (Phi) is 4.26. The molecule has 0 fully saturated rings. The predicted molar refractivity (Wildman–Crippen MR) is 54.2 cm³/mol. The molecule has 3 heteroatoms. The first-order valence-corrected chi connectivity index (χ1v) is 4.67. The van der Waals surface area contributed by atoms with Gasteiger partial charge in [-0.05, 0) is 17.7 Å². The van der Waals surface area contributed by atoms with E-state index in [-0.39, 0.29) is 11.7 Å². The van der Waals surface area contributed by atoms with Crippen molar-refractivity contribution in [2.75, 3.05) is 13.7 Å². The van der Waals surface area contributed by atoms with E-state index in [9.17, 15) is 4.79 Å². The minimum absolute atomic E-state index is 0.0619. The molecule has 0 saturated heterocycles. The monoisotopic (exact) mass is 193 g/mol. The van der Waals surface area contributed by atoms with Crippen molar-refractivity contribution >= 4 is 5.78 Å². The molecule has 1 rings (SSSR count). The summed E-state index contributed by atoms with van der Waals surface area (Å²) in [6.45, 7) is 2.40. The van der Waals surface area contributed by atoms with Crippen LogP contribution >= 0.6 is 0 Å². The third-order valence-electron chi connectivity index (χ3n) is 2.24. The van der Waals surface area contributed by atoms with Crippen LogP contribution in [-0.4, -0.2) is 24.5 Å². The van der Waals surface area contributed by atoms with Crippen LogP contribution < -0.4 is 0 Å². The van der Waals surface area contributed by atoms with Crippen LogP contribution in [0.2, 0.25) is 0 Å². The first kappa shape index (κ1) is 10.9. The van der Waals surface area contributed by atoms with Gasteiger partial charge in [-0.15, -0.1) is 0 Å². The number of ether oxygens (including phenoxy) is 1. The van der Waals surface area contributed by atoms with Crippen molar-refractivity contribution in [1.29, 1.82) is 0 Å². The predicted octanol–water partition coefficient (Wildman–Crippen LogP) is 1.79. The summed E-state index contributed by atoms with van der Waals surface area (Å²) in [5.41, 5.74) is 1.01. The van der Waals surface area contributed by atoms with E-state index in [4.69, 9.17) is 4.74 Å². The summed E-state index contributed by atoms with van der Waals surface area (Å²) in [6, 6.07) is 3.74. The molecule has 1 aromatic rings. The summed E-state index contributed by atoms with van der Waals surface area (Å²) in [4.78, 5) is 15.5. The summed E-state index contributed by atoms with van der Waals surface area (Å²) < 4.78 is 4.87. The number of pyridine rings is 1. The van der Waals surface area contributed by atoms with Crippen LogP contribution in [0.15, 0.2) is 24.5 Å². The van der Waals surface area contributed by atoms with Crippen LogP contribution in [0.25, 0.3) is 0 Å². The maximum atomic E-state index is 11.6. The van der Waals surface area contributed by atoms with E-state index >= 15 is 0 Å². The molecule has 1 heterocycles. The van der Waals surface area contributed by atoms with Crippen molar-refractivity contribution in [3.63, 3.8) is 0 Å². The van der Waals surface area contributed by atoms with Gasteiger partial charge in [0.05, 0.1) is 6.61 Å². The van der Waals surface area contributed by atoms with Gasteiger partial charge >= 0.3 is 0 Å². The number of hydrogen-bond acceptors (Lipinski definition) is 3. The second-order valence-electron chi connectivity index (χ2n) is 3.21. The molecule has 0 radical (unpaired) electrons. The Morgan fingerprint density at radius 2 is 2.14 bits per heavy atom. The summed E-state index contributed by atoms with van der Waals surface area (Å²) in [6.07, 6.45) is 3.88. The molecule has 0 aliphatic heterocycles. The van der Waals surface area contributed by atoms with Crippen molar-refractivity contribution in [1.82, 2.24) is 4.98 Å². The van der Waals surface area contributed by atoms with Gasteiger partial charge in [-0.1, -0.05) is 6.92 Å². The maximum absolute atomic E-state index is 11.6. The fourth-order valence-corrected chi connectivity index (χ4v) is 1.26. The first-order valence-electron chi connectivity index (χ1n) is 4.67. The highest BCUT2D eigenvalue weighted by Crippen LogP contribution is 2.16. The first-order chi connectivity index (χ1) is 6.75. The Labute approximate surface area is 84.1 Å². The minimum atomic E-state index is -0.0619. The van der Waals surface area contributed by atoms with E-state index in [0.29, 0.717) is 13.0 Å². The molecule has 14 heavy (non-hydrogen) atoms. The Morgan fingerprint density at radius 3 is 2.71 bits per heavy atom. The van der Waals surface area contributed by atoms with Crippen LogP contribution in [-0.2, 0) is 9.53 Å². The zero-order valence-electron chi connectivity index (χ0n) is 8.56. The van der Waals surface area contributed by atoms with Gasteiger partial charge < -0.3 is 4.74 Å². The lowest BCUT2D eigenvalue weighted by atomic mass is 9.96. The summed E-state index contributed by atoms with van der Waals surface area (Å²) in [5, 5.41) is 0. The van der Waals surface area contributed by atoms with Crippen molar-refractivity contribution in [3.8, 4) is 0 Å². The number of carbonyl (C=O) groups is 1. The van der Waals surface area contributed by atoms with Crippen LogP contribution in [0, 0.1) is 0 Å². The smallest absolute Gasteiger partial charge is 0.142 e. The number of Topliss-reactive ketones (excluding diaryl/α,β-unsaturated/α-hetero) is 1. The van der Waals surface area contributed by atoms with Gasteiger partial charge in [0.1, 0.15) is 5.78 Å². The molecule has 0 bridgehead atoms. The standard InChI is InChI=1S/C11H15NO2/c1-9(11(13)5-8-14-2)10-3-6-12-7-4-10/h3-4,6-7,9H,5,8H2,1-2H3. The van der Waals surface area contributed by atoms with Gasteiger partial charge in [0.25, 0.3) is 0 Å². The number of rotatable bonds is 5. The average molecular weight is 193 g/mol. The number of aromatic nitrogens is 1. The van der Waals surface area contributed by atoms with Gasteiger partial charge in [0.2, 0.25) is 0 Å². The number of methoxy groups -OCH3 is 1. The molecule has 0 spiro atoms. The van der Waals surface area contributed by atoms with Crippen molar-refractivity contribution in [2.45, 2.75) is 19.3 Å². The van der Waals surface area contributed by atoms with E-state index < -0.39 is 0 Å². The third kappa shape index (κ3) is 2.92.